The Bertz CT molecular complexity index is 935. The molecule has 1 aliphatic rings. The molecule has 7 nitrogen and oxygen atoms in total. The molecule has 2 amide bonds. The molecule has 2 aromatic carbocycles. The van der Waals surface area contributed by atoms with Gasteiger partial charge in [0.1, 0.15) is 16.7 Å². The number of halogens is 3. The fraction of sp³-hybridized carbons (Fsp3) is 0.316. The zero-order valence-electron chi connectivity index (χ0n) is 15.9. The van der Waals surface area contributed by atoms with Crippen LogP contribution in [0.5, 0.6) is 5.75 Å². The predicted molar refractivity (Wildman–Crippen MR) is 106 cm³/mol. The Morgan fingerprint density at radius 3 is 2.60 bits per heavy atom. The maximum atomic E-state index is 12.8. The SMILES string of the molecule is CCOc1ccc(S(=O)NC2COC2)cc1NC(=O)Nc1cccc(C(F)(F)F)c1. The average molecular weight is 443 g/mol. The van der Waals surface area contributed by atoms with Crippen LogP contribution in [0.2, 0.25) is 0 Å². The highest BCUT2D eigenvalue weighted by molar-refractivity contribution is 7.83. The normalized spacial score (nSPS) is 15.2. The van der Waals surface area contributed by atoms with Gasteiger partial charge in [-0.15, -0.1) is 0 Å². The smallest absolute Gasteiger partial charge is 0.416 e. The molecule has 1 aliphatic heterocycles. The lowest BCUT2D eigenvalue weighted by molar-refractivity contribution is -0.137. The van der Waals surface area contributed by atoms with E-state index in [0.29, 0.717) is 30.5 Å². The fourth-order valence-corrected chi connectivity index (χ4v) is 3.58. The maximum Gasteiger partial charge on any atom is 0.416 e. The van der Waals surface area contributed by atoms with E-state index in [0.717, 1.165) is 12.1 Å². The van der Waals surface area contributed by atoms with Crippen molar-refractivity contribution in [1.29, 1.82) is 0 Å². The van der Waals surface area contributed by atoms with Gasteiger partial charge in [0.05, 0.1) is 42.0 Å². The third kappa shape index (κ3) is 5.71. The minimum Gasteiger partial charge on any atom is -0.492 e. The number of amides is 2. The van der Waals surface area contributed by atoms with Gasteiger partial charge in [-0.25, -0.2) is 13.7 Å². The standard InChI is InChI=1S/C19H20F3N3O4S/c1-2-29-17-7-6-15(30(27)25-14-10-28-11-14)9-16(17)24-18(26)23-13-5-3-4-12(8-13)19(20,21)22/h3-9,14,25H,2,10-11H2,1H3,(H2,23,24,26). The highest BCUT2D eigenvalue weighted by Crippen LogP contribution is 2.31. The first kappa shape index (κ1) is 22.1. The number of anilines is 2. The van der Waals surface area contributed by atoms with Gasteiger partial charge in [0, 0.05) is 5.69 Å². The number of carbonyl (C=O) groups is 1. The van der Waals surface area contributed by atoms with Crippen LogP contribution in [0.4, 0.5) is 29.3 Å². The average Bonchev–Trinajstić information content (AvgIpc) is 2.65. The molecule has 1 heterocycles. The van der Waals surface area contributed by atoms with Crippen molar-refractivity contribution in [3.05, 3.63) is 48.0 Å². The zero-order valence-corrected chi connectivity index (χ0v) is 16.7. The molecule has 1 atom stereocenters. The van der Waals surface area contributed by atoms with E-state index in [9.17, 15) is 22.2 Å². The highest BCUT2D eigenvalue weighted by atomic mass is 32.2. The fourth-order valence-electron chi connectivity index (χ4n) is 2.58. The third-order valence-corrected chi connectivity index (χ3v) is 5.30. The molecule has 3 N–H and O–H groups in total. The summed E-state index contributed by atoms with van der Waals surface area (Å²) < 4.78 is 64.4. The number of urea groups is 1. The van der Waals surface area contributed by atoms with Crippen molar-refractivity contribution >= 4 is 28.4 Å². The van der Waals surface area contributed by atoms with Crippen molar-refractivity contribution in [2.45, 2.75) is 24.0 Å². The topological polar surface area (TPSA) is 88.7 Å². The highest BCUT2D eigenvalue weighted by Gasteiger charge is 2.30. The van der Waals surface area contributed by atoms with Crippen molar-refractivity contribution in [3.63, 3.8) is 0 Å². The van der Waals surface area contributed by atoms with Crippen LogP contribution in [-0.4, -0.2) is 36.1 Å². The lowest BCUT2D eigenvalue weighted by atomic mass is 10.2. The van der Waals surface area contributed by atoms with E-state index in [4.69, 9.17) is 9.47 Å². The van der Waals surface area contributed by atoms with Crippen LogP contribution in [0.3, 0.4) is 0 Å². The lowest BCUT2D eigenvalue weighted by Crippen LogP contribution is -2.46. The van der Waals surface area contributed by atoms with E-state index in [-0.39, 0.29) is 17.4 Å². The largest absolute Gasteiger partial charge is 0.492 e. The minimum absolute atomic E-state index is 0.0157. The second kappa shape index (κ2) is 9.45. The van der Waals surface area contributed by atoms with Crippen LogP contribution in [-0.2, 0) is 21.9 Å². The van der Waals surface area contributed by atoms with Gasteiger partial charge in [-0.3, -0.25) is 0 Å². The van der Waals surface area contributed by atoms with Crippen molar-refractivity contribution in [3.8, 4) is 5.75 Å². The van der Waals surface area contributed by atoms with E-state index < -0.39 is 28.8 Å². The van der Waals surface area contributed by atoms with Crippen molar-refractivity contribution in [2.75, 3.05) is 30.5 Å². The molecule has 0 aromatic heterocycles. The van der Waals surface area contributed by atoms with Crippen molar-refractivity contribution in [2.24, 2.45) is 0 Å². The molecule has 0 radical (unpaired) electrons. The van der Waals surface area contributed by atoms with Crippen LogP contribution in [0.25, 0.3) is 0 Å². The van der Waals surface area contributed by atoms with Crippen LogP contribution >= 0.6 is 0 Å². The summed E-state index contributed by atoms with van der Waals surface area (Å²) in [5.41, 5.74) is -0.663. The van der Waals surface area contributed by atoms with Crippen LogP contribution in [0, 0.1) is 0 Å². The maximum absolute atomic E-state index is 12.8. The molecule has 1 fully saturated rings. The molecule has 0 saturated carbocycles. The monoisotopic (exact) mass is 443 g/mol. The van der Waals surface area contributed by atoms with E-state index in [2.05, 4.69) is 15.4 Å². The molecule has 0 bridgehead atoms. The molecule has 0 aliphatic carbocycles. The molecule has 1 unspecified atom stereocenters. The number of hydrogen-bond acceptors (Lipinski definition) is 4. The number of carbonyl (C=O) groups excluding carboxylic acids is 1. The van der Waals surface area contributed by atoms with E-state index in [1.807, 2.05) is 0 Å². The lowest BCUT2D eigenvalue weighted by Gasteiger charge is -2.26. The number of hydrogen-bond donors (Lipinski definition) is 3. The number of rotatable bonds is 7. The molecular formula is C19H20F3N3O4S. The van der Waals surface area contributed by atoms with Crippen molar-refractivity contribution < 1.29 is 31.6 Å². The number of benzene rings is 2. The Hall–Kier alpha value is -2.63. The minimum atomic E-state index is -4.52. The molecule has 30 heavy (non-hydrogen) atoms. The summed E-state index contributed by atoms with van der Waals surface area (Å²) in [6.45, 7) is 3.02. The molecule has 0 spiro atoms. The van der Waals surface area contributed by atoms with Gasteiger partial charge in [0.2, 0.25) is 0 Å². The summed E-state index contributed by atoms with van der Waals surface area (Å²) in [5, 5.41) is 4.89. The van der Waals surface area contributed by atoms with Gasteiger partial charge in [0.15, 0.2) is 0 Å². The van der Waals surface area contributed by atoms with Crippen LogP contribution in [0.1, 0.15) is 12.5 Å². The molecule has 1 saturated heterocycles. The van der Waals surface area contributed by atoms with Gasteiger partial charge in [-0.1, -0.05) is 6.07 Å². The Labute approximate surface area is 173 Å². The Balaban J connectivity index is 1.74. The quantitative estimate of drug-likeness (QED) is 0.608. The first-order valence-corrected chi connectivity index (χ1v) is 10.2. The van der Waals surface area contributed by atoms with Crippen LogP contribution in [0.15, 0.2) is 47.4 Å². The zero-order chi connectivity index (χ0) is 21.7. The summed E-state index contributed by atoms with van der Waals surface area (Å²) in [6, 6.07) is 8.15. The summed E-state index contributed by atoms with van der Waals surface area (Å²) in [7, 11) is -1.53. The Morgan fingerprint density at radius 2 is 1.97 bits per heavy atom. The molecule has 162 valence electrons. The van der Waals surface area contributed by atoms with E-state index >= 15 is 0 Å². The van der Waals surface area contributed by atoms with E-state index in [1.54, 1.807) is 19.1 Å². The molecule has 2 aromatic rings. The van der Waals surface area contributed by atoms with Gasteiger partial charge in [-0.2, -0.15) is 13.2 Å². The summed E-state index contributed by atoms with van der Waals surface area (Å²) in [5.74, 6) is 0.337. The van der Waals surface area contributed by atoms with E-state index in [1.165, 1.54) is 18.2 Å². The van der Waals surface area contributed by atoms with Gasteiger partial charge >= 0.3 is 12.2 Å². The van der Waals surface area contributed by atoms with Gasteiger partial charge < -0.3 is 20.1 Å². The third-order valence-electron chi connectivity index (χ3n) is 4.07. The summed E-state index contributed by atoms with van der Waals surface area (Å²) in [4.78, 5) is 12.7. The predicted octanol–water partition coefficient (Wildman–Crippen LogP) is 3.76. The van der Waals surface area contributed by atoms with Gasteiger partial charge in [-0.05, 0) is 43.3 Å². The van der Waals surface area contributed by atoms with Crippen LogP contribution < -0.4 is 20.1 Å². The van der Waals surface area contributed by atoms with Gasteiger partial charge in [0.25, 0.3) is 0 Å². The molecular weight excluding hydrogens is 423 g/mol. The Morgan fingerprint density at radius 1 is 1.20 bits per heavy atom. The number of ether oxygens (including phenoxy) is 2. The van der Waals surface area contributed by atoms with Crippen molar-refractivity contribution in [1.82, 2.24) is 4.72 Å². The number of alkyl halides is 3. The molecule has 3 rings (SSSR count). The first-order valence-electron chi connectivity index (χ1n) is 9.04. The second-order valence-corrected chi connectivity index (χ2v) is 7.61. The summed E-state index contributed by atoms with van der Waals surface area (Å²) >= 11 is 0. The second-order valence-electron chi connectivity index (χ2n) is 6.37. The summed E-state index contributed by atoms with van der Waals surface area (Å²) in [6.07, 6.45) is -4.52. The Kier molecular flexibility index (Phi) is 6.95. The first-order chi connectivity index (χ1) is 14.3. The molecule has 11 heteroatoms. The number of nitrogens with one attached hydrogen (secondary N) is 3.